The van der Waals surface area contributed by atoms with Gasteiger partial charge in [-0.05, 0) is 24.6 Å². The first-order valence-corrected chi connectivity index (χ1v) is 4.41. The van der Waals surface area contributed by atoms with Gasteiger partial charge in [0.1, 0.15) is 0 Å². The highest BCUT2D eigenvalue weighted by atomic mass is 16.1. The van der Waals surface area contributed by atoms with Crippen molar-refractivity contribution < 1.29 is 4.79 Å². The lowest BCUT2D eigenvalue weighted by Crippen LogP contribution is -2.06. The van der Waals surface area contributed by atoms with Crippen LogP contribution in [-0.2, 0) is 4.79 Å². The lowest BCUT2D eigenvalue weighted by atomic mass is 10.1. The monoisotopic (exact) mass is 190 g/mol. The Bertz CT molecular complexity index is 342. The third-order valence-electron chi connectivity index (χ3n) is 1.76. The first kappa shape index (κ1) is 10.4. The molecule has 0 spiro atoms. The van der Waals surface area contributed by atoms with Crippen LogP contribution in [0.2, 0.25) is 0 Å². The number of carbonyl (C=O) groups excluding carboxylic acids is 1. The number of allylic oxidation sites excluding steroid dienone is 1. The third-order valence-corrected chi connectivity index (χ3v) is 1.76. The van der Waals surface area contributed by atoms with E-state index < -0.39 is 0 Å². The minimum atomic E-state index is 0.0601. The zero-order chi connectivity index (χ0) is 10.6. The summed E-state index contributed by atoms with van der Waals surface area (Å²) in [5, 5.41) is 0. The van der Waals surface area contributed by atoms with E-state index in [1.165, 1.54) is 0 Å². The van der Waals surface area contributed by atoms with Crippen molar-refractivity contribution in [1.82, 2.24) is 9.88 Å². The van der Waals surface area contributed by atoms with Crippen LogP contribution in [0.5, 0.6) is 0 Å². The zero-order valence-electron chi connectivity index (χ0n) is 8.69. The molecule has 0 saturated heterocycles. The van der Waals surface area contributed by atoms with Crippen LogP contribution in [0, 0.1) is 0 Å². The maximum atomic E-state index is 11.4. The van der Waals surface area contributed by atoms with Gasteiger partial charge in [-0.1, -0.05) is 0 Å². The number of hydrogen-bond acceptors (Lipinski definition) is 3. The van der Waals surface area contributed by atoms with E-state index >= 15 is 0 Å². The van der Waals surface area contributed by atoms with Gasteiger partial charge < -0.3 is 4.90 Å². The van der Waals surface area contributed by atoms with Gasteiger partial charge in [0.2, 0.25) is 0 Å². The van der Waals surface area contributed by atoms with E-state index in [2.05, 4.69) is 4.98 Å². The number of pyridine rings is 1. The topological polar surface area (TPSA) is 33.2 Å². The highest BCUT2D eigenvalue weighted by Crippen LogP contribution is 2.14. The summed E-state index contributed by atoms with van der Waals surface area (Å²) in [6, 6.07) is 3.66. The number of Topliss-reactive ketones (excluding diaryl/α,β-unsaturated/α-hetero) is 1. The molecule has 1 rings (SSSR count). The molecule has 0 aliphatic carbocycles. The van der Waals surface area contributed by atoms with Crippen LogP contribution >= 0.6 is 0 Å². The summed E-state index contributed by atoms with van der Waals surface area (Å²) in [6.45, 7) is 1.57. The van der Waals surface area contributed by atoms with Crippen LogP contribution in [0.4, 0.5) is 0 Å². The van der Waals surface area contributed by atoms with E-state index in [0.717, 1.165) is 5.56 Å². The molecular weight excluding hydrogens is 176 g/mol. The molecule has 0 fully saturated rings. The van der Waals surface area contributed by atoms with Crippen molar-refractivity contribution in [3.63, 3.8) is 0 Å². The molecular formula is C11H14N2O. The quantitative estimate of drug-likeness (QED) is 0.678. The van der Waals surface area contributed by atoms with Gasteiger partial charge in [0.05, 0.1) is 0 Å². The van der Waals surface area contributed by atoms with Gasteiger partial charge in [0.25, 0.3) is 0 Å². The highest BCUT2D eigenvalue weighted by molar-refractivity contribution is 6.19. The van der Waals surface area contributed by atoms with Crippen LogP contribution in [0.25, 0.3) is 5.57 Å². The van der Waals surface area contributed by atoms with Gasteiger partial charge in [0, 0.05) is 38.3 Å². The molecule has 0 atom stereocenters. The van der Waals surface area contributed by atoms with Crippen molar-refractivity contribution in [1.29, 1.82) is 0 Å². The molecule has 3 heteroatoms. The average molecular weight is 190 g/mol. The standard InChI is InChI=1S/C11H14N2O/c1-9(14)11(8-13(2)3)10-4-6-12-7-5-10/h4-8H,1-3H3/b11-8+. The minimum absolute atomic E-state index is 0.0601. The van der Waals surface area contributed by atoms with E-state index in [0.29, 0.717) is 5.57 Å². The van der Waals surface area contributed by atoms with E-state index in [1.54, 1.807) is 19.3 Å². The summed E-state index contributed by atoms with van der Waals surface area (Å²) in [5.74, 6) is 0.0601. The number of rotatable bonds is 3. The lowest BCUT2D eigenvalue weighted by Gasteiger charge is -2.09. The highest BCUT2D eigenvalue weighted by Gasteiger charge is 2.06. The predicted octanol–water partition coefficient (Wildman–Crippen LogP) is 1.57. The molecule has 14 heavy (non-hydrogen) atoms. The Hall–Kier alpha value is -1.64. The second-order valence-corrected chi connectivity index (χ2v) is 3.30. The van der Waals surface area contributed by atoms with Gasteiger partial charge in [-0.3, -0.25) is 9.78 Å². The van der Waals surface area contributed by atoms with Crippen molar-refractivity contribution in [2.45, 2.75) is 6.92 Å². The second-order valence-electron chi connectivity index (χ2n) is 3.30. The Kier molecular flexibility index (Phi) is 3.40. The minimum Gasteiger partial charge on any atom is -0.383 e. The van der Waals surface area contributed by atoms with Gasteiger partial charge in [-0.25, -0.2) is 0 Å². The number of aromatic nitrogens is 1. The molecule has 0 radical (unpaired) electrons. The molecule has 1 heterocycles. The lowest BCUT2D eigenvalue weighted by molar-refractivity contribution is -0.111. The van der Waals surface area contributed by atoms with Crippen molar-refractivity contribution in [3.8, 4) is 0 Å². The third kappa shape index (κ3) is 2.69. The SMILES string of the molecule is CC(=O)/C(=C\N(C)C)c1ccncc1. The maximum Gasteiger partial charge on any atom is 0.161 e. The zero-order valence-corrected chi connectivity index (χ0v) is 8.69. The van der Waals surface area contributed by atoms with Crippen LogP contribution < -0.4 is 0 Å². The van der Waals surface area contributed by atoms with Crippen molar-refractivity contribution in [3.05, 3.63) is 36.3 Å². The molecule has 0 aliphatic rings. The van der Waals surface area contributed by atoms with Gasteiger partial charge in [0.15, 0.2) is 5.78 Å². The summed E-state index contributed by atoms with van der Waals surface area (Å²) >= 11 is 0. The summed E-state index contributed by atoms with van der Waals surface area (Å²) in [4.78, 5) is 17.1. The van der Waals surface area contributed by atoms with E-state index in [4.69, 9.17) is 0 Å². The van der Waals surface area contributed by atoms with Crippen LogP contribution in [0.1, 0.15) is 12.5 Å². The normalized spacial score (nSPS) is 11.2. The Morgan fingerprint density at radius 3 is 2.36 bits per heavy atom. The Balaban J connectivity index is 3.08. The van der Waals surface area contributed by atoms with Crippen molar-refractivity contribution in [2.24, 2.45) is 0 Å². The van der Waals surface area contributed by atoms with Crippen molar-refractivity contribution in [2.75, 3.05) is 14.1 Å². The van der Waals surface area contributed by atoms with Gasteiger partial charge in [-0.2, -0.15) is 0 Å². The Labute approximate surface area is 84.1 Å². The second kappa shape index (κ2) is 4.56. The van der Waals surface area contributed by atoms with E-state index in [-0.39, 0.29) is 5.78 Å². The van der Waals surface area contributed by atoms with E-state index in [9.17, 15) is 4.79 Å². The van der Waals surface area contributed by atoms with Gasteiger partial charge in [-0.15, -0.1) is 0 Å². The van der Waals surface area contributed by atoms with Crippen LogP contribution in [-0.4, -0.2) is 29.8 Å². The molecule has 0 aromatic carbocycles. The molecule has 0 N–H and O–H groups in total. The predicted molar refractivity (Wildman–Crippen MR) is 56.6 cm³/mol. The van der Waals surface area contributed by atoms with Crippen LogP contribution in [0.3, 0.4) is 0 Å². The molecule has 0 aliphatic heterocycles. The summed E-state index contributed by atoms with van der Waals surface area (Å²) in [6.07, 6.45) is 5.18. The summed E-state index contributed by atoms with van der Waals surface area (Å²) in [5.41, 5.74) is 1.61. The smallest absolute Gasteiger partial charge is 0.161 e. The molecule has 0 saturated carbocycles. The molecule has 74 valence electrons. The fourth-order valence-electron chi connectivity index (χ4n) is 1.16. The first-order valence-electron chi connectivity index (χ1n) is 4.41. The molecule has 1 aromatic rings. The fourth-order valence-corrected chi connectivity index (χ4v) is 1.16. The maximum absolute atomic E-state index is 11.4. The summed E-state index contributed by atoms with van der Waals surface area (Å²) < 4.78 is 0. The number of carbonyl (C=O) groups is 1. The molecule has 1 aromatic heterocycles. The fraction of sp³-hybridized carbons (Fsp3) is 0.273. The Morgan fingerprint density at radius 1 is 1.36 bits per heavy atom. The number of ketones is 1. The number of hydrogen-bond donors (Lipinski definition) is 0. The average Bonchev–Trinajstić information content (AvgIpc) is 2.15. The van der Waals surface area contributed by atoms with E-state index in [1.807, 2.05) is 37.3 Å². The van der Waals surface area contributed by atoms with Crippen LogP contribution in [0.15, 0.2) is 30.7 Å². The number of nitrogens with zero attached hydrogens (tertiary/aromatic N) is 2. The molecule has 0 unspecified atom stereocenters. The largest absolute Gasteiger partial charge is 0.383 e. The molecule has 0 bridgehead atoms. The molecule has 0 amide bonds. The first-order chi connectivity index (χ1) is 6.61. The summed E-state index contributed by atoms with van der Waals surface area (Å²) in [7, 11) is 3.79. The van der Waals surface area contributed by atoms with Crippen molar-refractivity contribution >= 4 is 11.4 Å². The Morgan fingerprint density at radius 2 is 1.93 bits per heavy atom. The molecule has 3 nitrogen and oxygen atoms in total. The van der Waals surface area contributed by atoms with Gasteiger partial charge >= 0.3 is 0 Å².